The average molecular weight is 367 g/mol. The summed E-state index contributed by atoms with van der Waals surface area (Å²) in [6.07, 6.45) is -0.598. The molecule has 0 spiro atoms. The number of carbonyl (C=O) groups is 2. The molecule has 2 unspecified atom stereocenters. The molecule has 0 rings (SSSR count). The van der Waals surface area contributed by atoms with Gasteiger partial charge in [0.2, 0.25) is 0 Å². The summed E-state index contributed by atoms with van der Waals surface area (Å²) in [6.45, 7) is 0.743. The zero-order valence-electron chi connectivity index (χ0n) is 12.0. The molecule has 0 aromatic carbocycles. The summed E-state index contributed by atoms with van der Waals surface area (Å²) in [7, 11) is -7.20. The number of hydrogen-bond donors (Lipinski definition) is 8. The van der Waals surface area contributed by atoms with Crippen molar-refractivity contribution in [3.63, 3.8) is 0 Å². The topological polar surface area (TPSA) is 242 Å². The van der Waals surface area contributed by atoms with Gasteiger partial charge in [0.15, 0.2) is 7.37 Å². The molecule has 0 amide bonds. The van der Waals surface area contributed by atoms with E-state index in [-0.39, 0.29) is 18.7 Å². The number of nitrogens with one attached hydrogen (secondary N) is 1. The number of rotatable bonds is 8. The van der Waals surface area contributed by atoms with Gasteiger partial charge in [-0.1, -0.05) is 0 Å². The normalized spacial score (nSPS) is 14.6. The zero-order valence-corrected chi connectivity index (χ0v) is 13.7. The third kappa shape index (κ3) is 24.2. The number of carboxylic acid groups (broad SMARTS) is 2. The minimum absolute atomic E-state index is 0. The van der Waals surface area contributed by atoms with Crippen LogP contribution in [0.4, 0.5) is 0 Å². The highest BCUT2D eigenvalue weighted by molar-refractivity contribution is 7.57. The highest BCUT2D eigenvalue weighted by Crippen LogP contribution is 2.35. The fourth-order valence-corrected chi connectivity index (χ4v) is 1.97. The van der Waals surface area contributed by atoms with Crippen molar-refractivity contribution < 1.29 is 43.6 Å². The van der Waals surface area contributed by atoms with Crippen LogP contribution in [-0.2, 0) is 18.7 Å². The first-order chi connectivity index (χ1) is 9.24. The minimum atomic E-state index is -4.10. The molecule has 0 aromatic heterocycles. The molecule has 0 aliphatic carbocycles. The van der Waals surface area contributed by atoms with E-state index in [1.807, 2.05) is 0 Å². The lowest BCUT2D eigenvalue weighted by Gasteiger charge is -2.07. The van der Waals surface area contributed by atoms with Crippen molar-refractivity contribution in [3.05, 3.63) is 0 Å². The van der Waals surface area contributed by atoms with Crippen LogP contribution in [0.25, 0.3) is 0 Å². The molecule has 0 aliphatic rings. The summed E-state index contributed by atoms with van der Waals surface area (Å²) >= 11 is 0. The SMILES string of the molecule is CP(=O)(O)CCC(N)C(=O)O.N.O=C(O)CNCP(=O)(O)O. The van der Waals surface area contributed by atoms with Crippen LogP contribution in [0, 0.1) is 0 Å². The second-order valence-corrected chi connectivity index (χ2v) is 8.35. The zero-order chi connectivity index (χ0) is 17.3. The van der Waals surface area contributed by atoms with E-state index in [2.05, 4.69) is 5.32 Å². The van der Waals surface area contributed by atoms with Gasteiger partial charge in [-0.15, -0.1) is 0 Å². The van der Waals surface area contributed by atoms with E-state index in [1.165, 1.54) is 6.66 Å². The molecule has 0 radical (unpaired) electrons. The Morgan fingerprint density at radius 2 is 1.64 bits per heavy atom. The van der Waals surface area contributed by atoms with E-state index in [0.717, 1.165) is 0 Å². The van der Waals surface area contributed by atoms with Gasteiger partial charge in [0.25, 0.3) is 0 Å². The number of hydrogen-bond acceptors (Lipinski definition) is 7. The Labute approximate surface area is 126 Å². The predicted molar refractivity (Wildman–Crippen MR) is 78.4 cm³/mol. The highest BCUT2D eigenvalue weighted by atomic mass is 31.2. The number of carboxylic acids is 2. The third-order valence-corrected chi connectivity index (χ3v) is 3.49. The largest absolute Gasteiger partial charge is 0.480 e. The quantitative estimate of drug-likeness (QED) is 0.232. The van der Waals surface area contributed by atoms with Crippen LogP contribution in [0.5, 0.6) is 0 Å². The molecular formula is C8H23N3O9P2. The predicted octanol–water partition coefficient (Wildman–Crippen LogP) is -1.35. The first-order valence-corrected chi connectivity index (χ1v) is 9.58. The van der Waals surface area contributed by atoms with Crippen molar-refractivity contribution >= 4 is 26.9 Å². The Balaban J connectivity index is -0.000000315. The Morgan fingerprint density at radius 1 is 1.18 bits per heavy atom. The second-order valence-electron chi connectivity index (χ2n) is 4.15. The van der Waals surface area contributed by atoms with Crippen molar-refractivity contribution in [3.8, 4) is 0 Å². The maximum Gasteiger partial charge on any atom is 0.339 e. The van der Waals surface area contributed by atoms with Crippen molar-refractivity contribution in [2.45, 2.75) is 12.5 Å². The highest BCUT2D eigenvalue weighted by Gasteiger charge is 2.16. The van der Waals surface area contributed by atoms with Crippen LogP contribution < -0.4 is 17.2 Å². The molecule has 0 heterocycles. The maximum absolute atomic E-state index is 10.6. The van der Waals surface area contributed by atoms with Gasteiger partial charge in [-0.05, 0) is 6.42 Å². The van der Waals surface area contributed by atoms with E-state index < -0.39 is 45.8 Å². The number of aliphatic carboxylic acids is 2. The molecule has 2 atom stereocenters. The second kappa shape index (κ2) is 11.7. The standard InChI is InChI=1S/C5H12NO4P.C3H8NO5P.H3N/c1-11(9,10)3-2-4(6)5(7)8;5-3(6)1-4-2-10(7,8)9;/h4H,2-3,6H2,1H3,(H,7,8)(H,9,10);4H,1-2H2,(H,5,6)(H2,7,8,9);1H3. The molecule has 0 aliphatic heterocycles. The first kappa shape index (κ1) is 26.1. The molecule has 0 saturated carbocycles. The average Bonchev–Trinajstić information content (AvgIpc) is 2.23. The Hall–Kier alpha value is -0.840. The van der Waals surface area contributed by atoms with Crippen LogP contribution in [0.2, 0.25) is 0 Å². The fourth-order valence-electron chi connectivity index (χ4n) is 0.811. The van der Waals surface area contributed by atoms with Crippen LogP contribution in [-0.4, -0.2) is 68.5 Å². The van der Waals surface area contributed by atoms with Crippen molar-refractivity contribution in [2.75, 3.05) is 25.7 Å². The lowest BCUT2D eigenvalue weighted by Crippen LogP contribution is -2.30. The Bertz CT molecular complexity index is 433. The summed E-state index contributed by atoms with van der Waals surface area (Å²) in [6, 6.07) is -1.03. The molecule has 0 fully saturated rings. The van der Waals surface area contributed by atoms with Crippen LogP contribution in [0.15, 0.2) is 0 Å². The molecule has 14 heteroatoms. The lowest BCUT2D eigenvalue weighted by atomic mass is 10.2. The molecule has 22 heavy (non-hydrogen) atoms. The summed E-state index contributed by atoms with van der Waals surface area (Å²) < 4.78 is 20.7. The molecular weight excluding hydrogens is 344 g/mol. The Kier molecular flexibility index (Phi) is 13.9. The molecule has 0 bridgehead atoms. The maximum atomic E-state index is 10.6. The Morgan fingerprint density at radius 3 is 1.91 bits per heavy atom. The fraction of sp³-hybridized carbons (Fsp3) is 0.750. The summed E-state index contributed by atoms with van der Waals surface area (Å²) in [5.41, 5.74) is 5.09. The van der Waals surface area contributed by atoms with Gasteiger partial charge < -0.3 is 36.8 Å². The van der Waals surface area contributed by atoms with Crippen LogP contribution >= 0.6 is 15.0 Å². The van der Waals surface area contributed by atoms with Crippen LogP contribution in [0.3, 0.4) is 0 Å². The van der Waals surface area contributed by atoms with Gasteiger partial charge in [0, 0.05) is 12.8 Å². The van der Waals surface area contributed by atoms with Gasteiger partial charge in [-0.25, -0.2) is 0 Å². The third-order valence-electron chi connectivity index (χ3n) is 1.77. The first-order valence-electron chi connectivity index (χ1n) is 5.49. The molecule has 11 N–H and O–H groups in total. The van der Waals surface area contributed by atoms with Crippen LogP contribution in [0.1, 0.15) is 6.42 Å². The van der Waals surface area contributed by atoms with Gasteiger partial charge in [0.05, 0.1) is 12.8 Å². The summed E-state index contributed by atoms with van der Waals surface area (Å²) in [5.74, 6) is -2.29. The van der Waals surface area contributed by atoms with E-state index in [9.17, 15) is 18.7 Å². The van der Waals surface area contributed by atoms with E-state index in [4.69, 9.17) is 30.6 Å². The minimum Gasteiger partial charge on any atom is -0.480 e. The van der Waals surface area contributed by atoms with Gasteiger partial charge in [-0.3, -0.25) is 24.0 Å². The van der Waals surface area contributed by atoms with E-state index in [1.54, 1.807) is 0 Å². The van der Waals surface area contributed by atoms with Crippen molar-refractivity contribution in [1.29, 1.82) is 0 Å². The van der Waals surface area contributed by atoms with Gasteiger partial charge in [0.1, 0.15) is 6.04 Å². The molecule has 0 saturated heterocycles. The number of nitrogens with two attached hydrogens (primary N) is 1. The summed E-state index contributed by atoms with van der Waals surface area (Å²) in [5, 5.41) is 18.3. The van der Waals surface area contributed by atoms with Crippen molar-refractivity contribution in [1.82, 2.24) is 11.5 Å². The monoisotopic (exact) mass is 367 g/mol. The summed E-state index contributed by atoms with van der Waals surface area (Å²) in [4.78, 5) is 45.0. The lowest BCUT2D eigenvalue weighted by molar-refractivity contribution is -0.138. The van der Waals surface area contributed by atoms with Gasteiger partial charge >= 0.3 is 19.5 Å². The van der Waals surface area contributed by atoms with Gasteiger partial charge in [-0.2, -0.15) is 0 Å². The smallest absolute Gasteiger partial charge is 0.339 e. The van der Waals surface area contributed by atoms with E-state index in [0.29, 0.717) is 0 Å². The molecule has 12 nitrogen and oxygen atoms in total. The van der Waals surface area contributed by atoms with E-state index >= 15 is 0 Å². The molecule has 134 valence electrons. The van der Waals surface area contributed by atoms with Crippen molar-refractivity contribution in [2.24, 2.45) is 5.73 Å². The molecule has 0 aromatic rings.